The van der Waals surface area contributed by atoms with Crippen molar-refractivity contribution in [1.82, 2.24) is 15.2 Å². The van der Waals surface area contributed by atoms with Gasteiger partial charge in [0.25, 0.3) is 0 Å². The van der Waals surface area contributed by atoms with Crippen LogP contribution in [0.1, 0.15) is 11.3 Å². The molecule has 0 aliphatic carbocycles. The van der Waals surface area contributed by atoms with E-state index in [1.165, 1.54) is 0 Å². The monoisotopic (exact) mass is 313 g/mol. The topological polar surface area (TPSA) is 80.3 Å². The van der Waals surface area contributed by atoms with Crippen LogP contribution >= 0.6 is 0 Å². The minimum atomic E-state index is -0.757. The standard InChI is InChI=1S/C17H19N3O3/c1-11-8-17(20-19-12(11)2)23-10-13(21)9-22-16-5-3-4-15-14(16)6-7-18-15/h3-8,13,18,21H,9-10H2,1-2H3. The van der Waals surface area contributed by atoms with Gasteiger partial charge in [-0.2, -0.15) is 5.10 Å². The Labute approximate surface area is 134 Å². The highest BCUT2D eigenvalue weighted by molar-refractivity contribution is 5.85. The molecule has 2 heterocycles. The van der Waals surface area contributed by atoms with E-state index in [1.54, 1.807) is 6.07 Å². The smallest absolute Gasteiger partial charge is 0.233 e. The number of aromatic amines is 1. The maximum atomic E-state index is 10.0. The number of hydrogen-bond donors (Lipinski definition) is 2. The second kappa shape index (κ2) is 6.66. The average molecular weight is 313 g/mol. The summed E-state index contributed by atoms with van der Waals surface area (Å²) in [4.78, 5) is 3.12. The third-order valence-corrected chi connectivity index (χ3v) is 3.62. The Morgan fingerprint density at radius 3 is 2.78 bits per heavy atom. The Morgan fingerprint density at radius 2 is 1.96 bits per heavy atom. The molecule has 0 bridgehead atoms. The molecule has 6 heteroatoms. The van der Waals surface area contributed by atoms with E-state index in [-0.39, 0.29) is 13.2 Å². The summed E-state index contributed by atoms with van der Waals surface area (Å²) in [6, 6.07) is 9.50. The van der Waals surface area contributed by atoms with Gasteiger partial charge in [-0.1, -0.05) is 6.07 Å². The van der Waals surface area contributed by atoms with Crippen LogP contribution in [0.15, 0.2) is 36.5 Å². The molecule has 1 aromatic carbocycles. The maximum Gasteiger partial charge on any atom is 0.233 e. The summed E-state index contributed by atoms with van der Waals surface area (Å²) >= 11 is 0. The van der Waals surface area contributed by atoms with Crippen molar-refractivity contribution in [2.75, 3.05) is 13.2 Å². The summed E-state index contributed by atoms with van der Waals surface area (Å²) in [6.07, 6.45) is 1.10. The minimum Gasteiger partial charge on any atom is -0.490 e. The lowest BCUT2D eigenvalue weighted by molar-refractivity contribution is 0.0611. The number of aryl methyl sites for hydroxylation is 2. The van der Waals surface area contributed by atoms with E-state index in [4.69, 9.17) is 9.47 Å². The number of fused-ring (bicyclic) bond motifs is 1. The van der Waals surface area contributed by atoms with Crippen LogP contribution in [0.3, 0.4) is 0 Å². The summed E-state index contributed by atoms with van der Waals surface area (Å²) in [5.74, 6) is 1.13. The van der Waals surface area contributed by atoms with E-state index in [0.29, 0.717) is 5.88 Å². The molecule has 1 atom stereocenters. The van der Waals surface area contributed by atoms with Gasteiger partial charge in [0.15, 0.2) is 0 Å². The zero-order valence-corrected chi connectivity index (χ0v) is 13.1. The number of H-pyrrole nitrogens is 1. The third kappa shape index (κ3) is 3.60. The number of aliphatic hydroxyl groups is 1. The van der Waals surface area contributed by atoms with Crippen LogP contribution in [-0.2, 0) is 0 Å². The highest BCUT2D eigenvalue weighted by Crippen LogP contribution is 2.24. The zero-order chi connectivity index (χ0) is 16.2. The molecule has 2 aromatic heterocycles. The molecule has 0 spiro atoms. The lowest BCUT2D eigenvalue weighted by Gasteiger charge is -2.14. The van der Waals surface area contributed by atoms with Crippen molar-refractivity contribution in [3.63, 3.8) is 0 Å². The van der Waals surface area contributed by atoms with Crippen LogP contribution in [0, 0.1) is 13.8 Å². The molecule has 0 aliphatic rings. The number of aliphatic hydroxyl groups excluding tert-OH is 1. The Morgan fingerprint density at radius 1 is 1.13 bits per heavy atom. The number of benzene rings is 1. The largest absolute Gasteiger partial charge is 0.490 e. The molecule has 3 rings (SSSR count). The first-order chi connectivity index (χ1) is 11.1. The van der Waals surface area contributed by atoms with E-state index in [9.17, 15) is 5.11 Å². The Kier molecular flexibility index (Phi) is 4.43. The molecular formula is C17H19N3O3. The van der Waals surface area contributed by atoms with E-state index >= 15 is 0 Å². The summed E-state index contributed by atoms with van der Waals surface area (Å²) in [5, 5.41) is 18.9. The predicted octanol–water partition coefficient (Wildman–Crippen LogP) is 2.39. The summed E-state index contributed by atoms with van der Waals surface area (Å²) < 4.78 is 11.1. The quantitative estimate of drug-likeness (QED) is 0.730. The molecule has 120 valence electrons. The molecule has 0 saturated heterocycles. The van der Waals surface area contributed by atoms with Crippen molar-refractivity contribution in [2.24, 2.45) is 0 Å². The molecule has 1 unspecified atom stereocenters. The van der Waals surface area contributed by atoms with Crippen molar-refractivity contribution in [1.29, 1.82) is 0 Å². The lowest BCUT2D eigenvalue weighted by atomic mass is 10.2. The molecule has 6 nitrogen and oxygen atoms in total. The van der Waals surface area contributed by atoms with Gasteiger partial charge in [0, 0.05) is 23.2 Å². The van der Waals surface area contributed by atoms with Crippen LogP contribution in [0.5, 0.6) is 11.6 Å². The zero-order valence-electron chi connectivity index (χ0n) is 13.1. The average Bonchev–Trinajstić information content (AvgIpc) is 3.03. The fourth-order valence-electron chi connectivity index (χ4n) is 2.19. The van der Waals surface area contributed by atoms with Gasteiger partial charge in [-0.05, 0) is 37.6 Å². The highest BCUT2D eigenvalue weighted by Gasteiger charge is 2.10. The van der Waals surface area contributed by atoms with E-state index in [1.807, 2.05) is 44.3 Å². The van der Waals surface area contributed by atoms with Crippen molar-refractivity contribution in [3.05, 3.63) is 47.8 Å². The van der Waals surface area contributed by atoms with Crippen LogP contribution in [0.4, 0.5) is 0 Å². The number of rotatable bonds is 6. The fourth-order valence-corrected chi connectivity index (χ4v) is 2.19. The Hall–Kier alpha value is -2.60. The normalized spacial score (nSPS) is 12.3. The van der Waals surface area contributed by atoms with E-state index < -0.39 is 6.10 Å². The molecule has 3 aromatic rings. The first-order valence-electron chi connectivity index (χ1n) is 7.44. The van der Waals surface area contributed by atoms with Crippen LogP contribution < -0.4 is 9.47 Å². The fraction of sp³-hybridized carbons (Fsp3) is 0.294. The molecule has 0 radical (unpaired) electrons. The minimum absolute atomic E-state index is 0.0975. The highest BCUT2D eigenvalue weighted by atomic mass is 16.5. The second-order valence-electron chi connectivity index (χ2n) is 5.42. The summed E-state index contributed by atoms with van der Waals surface area (Å²) in [6.45, 7) is 4.06. The van der Waals surface area contributed by atoms with Crippen LogP contribution in [0.25, 0.3) is 10.9 Å². The molecule has 0 fully saturated rings. The molecule has 0 aliphatic heterocycles. The van der Waals surface area contributed by atoms with Crippen molar-refractivity contribution in [3.8, 4) is 11.6 Å². The lowest BCUT2D eigenvalue weighted by Crippen LogP contribution is -2.25. The predicted molar refractivity (Wildman–Crippen MR) is 86.8 cm³/mol. The van der Waals surface area contributed by atoms with Gasteiger partial charge in [-0.3, -0.25) is 0 Å². The maximum absolute atomic E-state index is 10.0. The molecule has 0 amide bonds. The van der Waals surface area contributed by atoms with Gasteiger partial charge in [0.1, 0.15) is 25.1 Å². The van der Waals surface area contributed by atoms with Gasteiger partial charge in [-0.15, -0.1) is 5.10 Å². The Bertz CT molecular complexity index is 801. The van der Waals surface area contributed by atoms with Crippen molar-refractivity contribution < 1.29 is 14.6 Å². The number of aromatic nitrogens is 3. The second-order valence-corrected chi connectivity index (χ2v) is 5.42. The Balaban J connectivity index is 1.54. The first kappa shape index (κ1) is 15.3. The van der Waals surface area contributed by atoms with Gasteiger partial charge >= 0.3 is 0 Å². The van der Waals surface area contributed by atoms with Crippen LogP contribution in [-0.4, -0.2) is 39.6 Å². The van der Waals surface area contributed by atoms with E-state index in [0.717, 1.165) is 27.9 Å². The number of nitrogens with one attached hydrogen (secondary N) is 1. The van der Waals surface area contributed by atoms with Gasteiger partial charge in [0.2, 0.25) is 5.88 Å². The first-order valence-corrected chi connectivity index (χ1v) is 7.44. The van der Waals surface area contributed by atoms with Crippen molar-refractivity contribution >= 4 is 10.9 Å². The third-order valence-electron chi connectivity index (χ3n) is 3.62. The molecule has 0 saturated carbocycles. The van der Waals surface area contributed by atoms with Gasteiger partial charge in [0.05, 0.1) is 5.69 Å². The SMILES string of the molecule is Cc1cc(OCC(O)COc2cccc3[nH]ccc23)nnc1C. The number of ether oxygens (including phenoxy) is 2. The van der Waals surface area contributed by atoms with Gasteiger partial charge in [-0.25, -0.2) is 0 Å². The molecule has 2 N–H and O–H groups in total. The molecule has 23 heavy (non-hydrogen) atoms. The van der Waals surface area contributed by atoms with Gasteiger partial charge < -0.3 is 19.6 Å². The molecular weight excluding hydrogens is 294 g/mol. The summed E-state index contributed by atoms with van der Waals surface area (Å²) in [5.41, 5.74) is 2.86. The van der Waals surface area contributed by atoms with E-state index in [2.05, 4.69) is 15.2 Å². The van der Waals surface area contributed by atoms with Crippen LogP contribution in [0.2, 0.25) is 0 Å². The number of nitrogens with zero attached hydrogens (tertiary/aromatic N) is 2. The number of hydrogen-bond acceptors (Lipinski definition) is 5. The van der Waals surface area contributed by atoms with Crippen molar-refractivity contribution in [2.45, 2.75) is 20.0 Å². The summed E-state index contributed by atoms with van der Waals surface area (Å²) in [7, 11) is 0.